The number of carbonyl (C=O) groups excluding carboxylic acids is 2. The van der Waals surface area contributed by atoms with E-state index in [9.17, 15) is 14.7 Å². The summed E-state index contributed by atoms with van der Waals surface area (Å²) in [5.74, 6) is 0.856. The first-order valence-electron chi connectivity index (χ1n) is 7.43. The van der Waals surface area contributed by atoms with Crippen LogP contribution in [0.4, 0.5) is 0 Å². The number of phenols is 1. The van der Waals surface area contributed by atoms with Crippen molar-refractivity contribution in [1.29, 1.82) is 0 Å². The van der Waals surface area contributed by atoms with Gasteiger partial charge in [0, 0.05) is 0 Å². The molecule has 0 aliphatic carbocycles. The molecule has 128 valence electrons. The Morgan fingerprint density at radius 2 is 1.28 bits per heavy atom. The number of ether oxygens (including phenoxy) is 1. The van der Waals surface area contributed by atoms with Gasteiger partial charge in [-0.1, -0.05) is 24.3 Å². The summed E-state index contributed by atoms with van der Waals surface area (Å²) in [5, 5.41) is 14.5. The molecule has 2 aromatic rings. The molecule has 0 radical (unpaired) electrons. The number of hydrogen-bond acceptors (Lipinski definition) is 4. The van der Waals surface area contributed by atoms with Crippen molar-refractivity contribution >= 4 is 25.0 Å². The highest BCUT2D eigenvalue weighted by Crippen LogP contribution is 2.18. The summed E-state index contributed by atoms with van der Waals surface area (Å²) >= 11 is 0. The molecule has 3 N–H and O–H groups in total. The lowest BCUT2D eigenvalue weighted by molar-refractivity contribution is -0.110. The lowest BCUT2D eigenvalue weighted by Gasteiger charge is -2.11. The minimum absolute atomic E-state index is 0.141. The number of hydrogen-bond donors (Lipinski definition) is 3. The first-order valence-corrected chi connectivity index (χ1v) is 7.43. The maximum Gasteiger partial charge on any atom is 0.211 e. The van der Waals surface area contributed by atoms with Gasteiger partial charge in [0.1, 0.15) is 11.5 Å². The van der Waals surface area contributed by atoms with Gasteiger partial charge in [-0.3, -0.25) is 9.59 Å². The SMILES string of the molecule is COc1ccc(C=C(NC=O)C(=Cc2ccc(O)cc2)NC=O)cc1. The first kappa shape index (κ1) is 17.8. The van der Waals surface area contributed by atoms with Crippen LogP contribution in [-0.4, -0.2) is 25.0 Å². The molecule has 0 aliphatic heterocycles. The quantitative estimate of drug-likeness (QED) is 0.509. The molecule has 0 atom stereocenters. The number of amides is 2. The standard InChI is InChI=1S/C19H18N2O4/c1-25-17-8-4-15(5-9-17)11-19(21-13-23)18(20-12-22)10-14-2-6-16(24)7-3-14/h2-13,24H,1H3,(H,20,22)(H,21,23). The van der Waals surface area contributed by atoms with Gasteiger partial charge in [-0.2, -0.15) is 0 Å². The van der Waals surface area contributed by atoms with Gasteiger partial charge >= 0.3 is 0 Å². The Balaban J connectivity index is 2.40. The molecule has 6 heteroatoms. The molecule has 0 aliphatic rings. The molecule has 2 aromatic carbocycles. The smallest absolute Gasteiger partial charge is 0.211 e. The summed E-state index contributed by atoms with van der Waals surface area (Å²) in [7, 11) is 1.58. The highest BCUT2D eigenvalue weighted by molar-refractivity contribution is 5.72. The van der Waals surface area contributed by atoms with Crippen molar-refractivity contribution in [2.75, 3.05) is 7.11 Å². The van der Waals surface area contributed by atoms with E-state index in [1.807, 2.05) is 12.1 Å². The van der Waals surface area contributed by atoms with Gasteiger partial charge in [0.25, 0.3) is 0 Å². The molecular formula is C19H18N2O4. The Bertz CT molecular complexity index is 778. The monoisotopic (exact) mass is 338 g/mol. The third-order valence-corrected chi connectivity index (χ3v) is 3.35. The third-order valence-electron chi connectivity index (χ3n) is 3.35. The van der Waals surface area contributed by atoms with Crippen LogP contribution in [-0.2, 0) is 9.59 Å². The van der Waals surface area contributed by atoms with Crippen LogP contribution in [0.3, 0.4) is 0 Å². The maximum absolute atomic E-state index is 11.0. The second-order valence-electron chi connectivity index (χ2n) is 5.01. The van der Waals surface area contributed by atoms with E-state index < -0.39 is 0 Å². The van der Waals surface area contributed by atoms with Crippen LogP contribution < -0.4 is 15.4 Å². The molecule has 6 nitrogen and oxygen atoms in total. The van der Waals surface area contributed by atoms with Crippen LogP contribution in [0.25, 0.3) is 12.2 Å². The molecule has 25 heavy (non-hydrogen) atoms. The van der Waals surface area contributed by atoms with Gasteiger partial charge in [-0.25, -0.2) is 0 Å². The van der Waals surface area contributed by atoms with E-state index in [-0.39, 0.29) is 5.75 Å². The largest absolute Gasteiger partial charge is 0.508 e. The predicted molar refractivity (Wildman–Crippen MR) is 95.5 cm³/mol. The van der Waals surface area contributed by atoms with Crippen molar-refractivity contribution in [2.24, 2.45) is 0 Å². The van der Waals surface area contributed by atoms with Crippen molar-refractivity contribution in [1.82, 2.24) is 10.6 Å². The Morgan fingerprint density at radius 3 is 1.68 bits per heavy atom. The summed E-state index contributed by atoms with van der Waals surface area (Å²) in [4.78, 5) is 21.9. The fourth-order valence-corrected chi connectivity index (χ4v) is 2.13. The van der Waals surface area contributed by atoms with Crippen molar-refractivity contribution in [3.8, 4) is 11.5 Å². The Kier molecular flexibility index (Phi) is 6.36. The number of phenolic OH excluding ortho intramolecular Hbond substituents is 1. The fourth-order valence-electron chi connectivity index (χ4n) is 2.13. The van der Waals surface area contributed by atoms with Gasteiger partial charge in [-0.15, -0.1) is 0 Å². The van der Waals surface area contributed by atoms with Crippen LogP contribution in [0.1, 0.15) is 11.1 Å². The maximum atomic E-state index is 11.0. The predicted octanol–water partition coefficient (Wildman–Crippen LogP) is 2.27. The molecule has 2 amide bonds. The highest BCUT2D eigenvalue weighted by Gasteiger charge is 2.06. The molecule has 0 aromatic heterocycles. The van der Waals surface area contributed by atoms with Crippen molar-refractivity contribution in [2.45, 2.75) is 0 Å². The fraction of sp³-hybridized carbons (Fsp3) is 0.0526. The lowest BCUT2D eigenvalue weighted by atomic mass is 10.1. The van der Waals surface area contributed by atoms with Crippen LogP contribution in [0.2, 0.25) is 0 Å². The average Bonchev–Trinajstić information content (AvgIpc) is 2.63. The summed E-state index contributed by atoms with van der Waals surface area (Å²) in [6, 6.07) is 13.7. The number of rotatable bonds is 8. The third kappa shape index (κ3) is 5.24. The number of carbonyl (C=O) groups is 2. The van der Waals surface area contributed by atoms with Gasteiger partial charge < -0.3 is 20.5 Å². The van der Waals surface area contributed by atoms with Crippen molar-refractivity contribution < 1.29 is 19.4 Å². The normalized spacial score (nSPS) is 11.6. The van der Waals surface area contributed by atoms with Crippen LogP contribution in [0, 0.1) is 0 Å². The Morgan fingerprint density at radius 1 is 0.840 bits per heavy atom. The number of aromatic hydroxyl groups is 1. The summed E-state index contributed by atoms with van der Waals surface area (Å²) in [6.45, 7) is 0. The van der Waals surface area contributed by atoms with Crippen LogP contribution in [0.15, 0.2) is 59.9 Å². The lowest BCUT2D eigenvalue weighted by Crippen LogP contribution is -2.21. The van der Waals surface area contributed by atoms with E-state index in [1.165, 1.54) is 12.1 Å². The Hall–Kier alpha value is -3.54. The van der Waals surface area contributed by atoms with E-state index >= 15 is 0 Å². The number of methoxy groups -OCH3 is 1. The minimum atomic E-state index is 0.141. The minimum Gasteiger partial charge on any atom is -0.508 e. The van der Waals surface area contributed by atoms with E-state index in [0.29, 0.717) is 30.0 Å². The zero-order chi connectivity index (χ0) is 18.1. The zero-order valence-corrected chi connectivity index (χ0v) is 13.6. The van der Waals surface area contributed by atoms with Gasteiger partial charge in [-0.05, 0) is 47.5 Å². The van der Waals surface area contributed by atoms with Gasteiger partial charge in [0.15, 0.2) is 0 Å². The van der Waals surface area contributed by atoms with Crippen molar-refractivity contribution in [3.63, 3.8) is 0 Å². The molecule has 0 spiro atoms. The molecule has 0 bridgehead atoms. The van der Waals surface area contributed by atoms with E-state index in [1.54, 1.807) is 43.5 Å². The summed E-state index contributed by atoms with van der Waals surface area (Å²) in [5.41, 5.74) is 2.38. The zero-order valence-electron chi connectivity index (χ0n) is 13.6. The van der Waals surface area contributed by atoms with E-state index in [4.69, 9.17) is 4.74 Å². The molecule has 0 saturated carbocycles. The van der Waals surface area contributed by atoms with E-state index in [2.05, 4.69) is 10.6 Å². The summed E-state index contributed by atoms with van der Waals surface area (Å²) in [6.07, 6.45) is 4.46. The molecule has 0 saturated heterocycles. The van der Waals surface area contributed by atoms with Crippen LogP contribution in [0.5, 0.6) is 11.5 Å². The molecule has 0 fully saturated rings. The topological polar surface area (TPSA) is 87.7 Å². The molecule has 0 heterocycles. The number of benzene rings is 2. The molecular weight excluding hydrogens is 320 g/mol. The number of nitrogens with one attached hydrogen (secondary N) is 2. The van der Waals surface area contributed by atoms with Crippen molar-refractivity contribution in [3.05, 3.63) is 71.1 Å². The highest BCUT2D eigenvalue weighted by atomic mass is 16.5. The molecule has 2 rings (SSSR count). The van der Waals surface area contributed by atoms with Gasteiger partial charge in [0.2, 0.25) is 12.8 Å². The summed E-state index contributed by atoms with van der Waals surface area (Å²) < 4.78 is 5.11. The van der Waals surface area contributed by atoms with Crippen LogP contribution >= 0.6 is 0 Å². The van der Waals surface area contributed by atoms with Gasteiger partial charge in [0.05, 0.1) is 18.5 Å². The first-order chi connectivity index (χ1) is 12.2. The Labute approximate surface area is 145 Å². The second-order valence-corrected chi connectivity index (χ2v) is 5.01. The average molecular weight is 338 g/mol. The second kappa shape index (κ2) is 8.93. The van der Waals surface area contributed by atoms with E-state index in [0.717, 1.165) is 11.1 Å². The molecule has 0 unspecified atom stereocenters.